The minimum atomic E-state index is -4.20. The first-order chi connectivity index (χ1) is 15.9. The van der Waals surface area contributed by atoms with E-state index in [1.807, 2.05) is 0 Å². The number of rotatable bonds is 3. The Morgan fingerprint density at radius 2 is 2.09 bits per heavy atom. The van der Waals surface area contributed by atoms with E-state index < -0.39 is 57.0 Å². The molecule has 10 nitrogen and oxygen atoms in total. The summed E-state index contributed by atoms with van der Waals surface area (Å²) >= 11 is -1.91. The predicted molar refractivity (Wildman–Crippen MR) is 122 cm³/mol. The summed E-state index contributed by atoms with van der Waals surface area (Å²) in [6.45, 7) is 3.28. The predicted octanol–water partition coefficient (Wildman–Crippen LogP) is 1.88. The molecule has 1 saturated heterocycles. The van der Waals surface area contributed by atoms with Gasteiger partial charge in [-0.05, 0) is 48.3 Å². The Hall–Kier alpha value is -2.61. The van der Waals surface area contributed by atoms with Gasteiger partial charge in [-0.1, -0.05) is 6.92 Å². The summed E-state index contributed by atoms with van der Waals surface area (Å²) in [6.07, 6.45) is 0.476. The molecule has 1 fully saturated rings. The number of carbonyl (C=O) groups excluding carboxylic acids is 1. The van der Waals surface area contributed by atoms with E-state index in [2.05, 4.69) is 10.0 Å². The number of nitrogens with one attached hydrogen (secondary N) is 2. The van der Waals surface area contributed by atoms with Gasteiger partial charge < -0.3 is 24.4 Å². The monoisotopic (exact) mass is 512 g/mol. The smallest absolute Gasteiger partial charge is 0.407 e. The lowest BCUT2D eigenvalue weighted by atomic mass is 9.97. The molecule has 184 valence electrons. The number of amides is 2. The quantitative estimate of drug-likeness (QED) is 0.536. The van der Waals surface area contributed by atoms with Crippen LogP contribution in [0.3, 0.4) is 0 Å². The maximum atomic E-state index is 13.6. The molecule has 0 saturated carbocycles. The van der Waals surface area contributed by atoms with Crippen LogP contribution < -0.4 is 10.0 Å². The molecule has 2 unspecified atom stereocenters. The number of aryl methyl sites for hydroxylation is 2. The van der Waals surface area contributed by atoms with Crippen LogP contribution in [0, 0.1) is 18.7 Å². The van der Waals surface area contributed by atoms with E-state index in [0.29, 0.717) is 17.7 Å². The van der Waals surface area contributed by atoms with Crippen LogP contribution in [0.5, 0.6) is 0 Å². The number of aromatic nitrogens is 1. The molecule has 4 rings (SSSR count). The zero-order valence-electron chi connectivity index (χ0n) is 18.7. The van der Waals surface area contributed by atoms with Crippen molar-refractivity contribution in [1.82, 2.24) is 14.2 Å². The molecule has 0 spiro atoms. The highest BCUT2D eigenvalue weighted by Gasteiger charge is 2.50. The molecule has 13 heteroatoms. The van der Waals surface area contributed by atoms with Gasteiger partial charge in [0.2, 0.25) is 14.9 Å². The lowest BCUT2D eigenvalue weighted by Crippen LogP contribution is -2.45. The Morgan fingerprint density at radius 3 is 2.71 bits per heavy atom. The normalized spacial score (nSPS) is 25.7. The second kappa shape index (κ2) is 8.87. The third-order valence-corrected chi connectivity index (χ3v) is 9.56. The molecule has 1 aromatic carbocycles. The second-order valence-electron chi connectivity index (χ2n) is 8.51. The molecule has 2 aliphatic rings. The zero-order valence-corrected chi connectivity index (χ0v) is 20.4. The summed E-state index contributed by atoms with van der Waals surface area (Å²) in [5, 5.41) is 12.2. The number of carboxylic acid groups (broad SMARTS) is 1. The topological polar surface area (TPSA) is 144 Å². The maximum absolute atomic E-state index is 13.6. The molecule has 0 radical (unpaired) electrons. The molecule has 2 amide bonds. The highest BCUT2D eigenvalue weighted by molar-refractivity contribution is 7.94. The van der Waals surface area contributed by atoms with Crippen LogP contribution >= 0.6 is 0 Å². The minimum absolute atomic E-state index is 0.0115. The maximum Gasteiger partial charge on any atom is 0.407 e. The van der Waals surface area contributed by atoms with Crippen LogP contribution in [0.4, 0.5) is 14.9 Å². The van der Waals surface area contributed by atoms with Gasteiger partial charge in [0.1, 0.15) is 11.6 Å². The number of halogens is 1. The fraction of sp³-hybridized carbons (Fsp3) is 0.429. The van der Waals surface area contributed by atoms with Crippen molar-refractivity contribution in [3.05, 3.63) is 41.5 Å². The first-order valence-electron chi connectivity index (χ1n) is 10.6. The molecule has 34 heavy (non-hydrogen) atoms. The van der Waals surface area contributed by atoms with Gasteiger partial charge in [-0.15, -0.1) is 0 Å². The average molecular weight is 513 g/mol. The van der Waals surface area contributed by atoms with E-state index >= 15 is 0 Å². The molecule has 1 aromatic heterocycles. The van der Waals surface area contributed by atoms with Gasteiger partial charge in [0, 0.05) is 43.5 Å². The van der Waals surface area contributed by atoms with Crippen molar-refractivity contribution in [3.63, 3.8) is 0 Å². The first-order valence-corrected chi connectivity index (χ1v) is 13.4. The molecule has 4 atom stereocenters. The third kappa shape index (κ3) is 4.17. The number of fused-ring (bicyclic) bond motifs is 2. The van der Waals surface area contributed by atoms with Crippen molar-refractivity contribution in [2.24, 2.45) is 13.0 Å². The molecule has 3 N–H and O–H groups in total. The lowest BCUT2D eigenvalue weighted by Gasteiger charge is -2.28. The molecule has 3 heterocycles. The van der Waals surface area contributed by atoms with Gasteiger partial charge in [-0.25, -0.2) is 22.3 Å². The summed E-state index contributed by atoms with van der Waals surface area (Å²) < 4.78 is 57.5. The van der Waals surface area contributed by atoms with Gasteiger partial charge in [-0.3, -0.25) is 4.79 Å². The molecular formula is C21H25FN4O6S2. The Morgan fingerprint density at radius 1 is 1.38 bits per heavy atom. The molecule has 0 aliphatic carbocycles. The Labute approximate surface area is 199 Å². The van der Waals surface area contributed by atoms with Gasteiger partial charge in [0.15, 0.2) is 10.6 Å². The van der Waals surface area contributed by atoms with Gasteiger partial charge in [0.25, 0.3) is 5.91 Å². The fourth-order valence-electron chi connectivity index (χ4n) is 4.76. The largest absolute Gasteiger partial charge is 0.611 e. The summed E-state index contributed by atoms with van der Waals surface area (Å²) in [5.74, 6) is -1.67. The number of anilines is 1. The SMILES string of the molecule is CCC1[C@H]2C[S+]([O-])c3c(cn(C)c3C(=O)Nc3ccc(F)c(C)c3)S(=O)(=O)N[C@H]2CN1C(=O)O. The Bertz CT molecular complexity index is 1260. The molecule has 0 bridgehead atoms. The van der Waals surface area contributed by atoms with E-state index in [4.69, 9.17) is 0 Å². The van der Waals surface area contributed by atoms with Crippen LogP contribution in [-0.2, 0) is 28.2 Å². The third-order valence-electron chi connectivity index (χ3n) is 6.37. The summed E-state index contributed by atoms with van der Waals surface area (Å²) in [6, 6.07) is 2.76. The molecule has 2 aromatic rings. The van der Waals surface area contributed by atoms with Crippen molar-refractivity contribution in [3.8, 4) is 0 Å². The number of sulfonamides is 1. The minimum Gasteiger partial charge on any atom is -0.611 e. The number of hydrogen-bond donors (Lipinski definition) is 3. The van der Waals surface area contributed by atoms with Gasteiger partial charge in [0.05, 0.1) is 0 Å². The van der Waals surface area contributed by atoms with E-state index in [-0.39, 0.29) is 27.8 Å². The van der Waals surface area contributed by atoms with Crippen LogP contribution in [0.15, 0.2) is 34.2 Å². The summed E-state index contributed by atoms with van der Waals surface area (Å²) in [7, 11) is -2.73. The zero-order chi connectivity index (χ0) is 24.9. The fourth-order valence-corrected chi connectivity index (χ4v) is 8.48. The lowest BCUT2D eigenvalue weighted by molar-refractivity contribution is 0.101. The van der Waals surface area contributed by atoms with Crippen molar-refractivity contribution < 1.29 is 32.1 Å². The standard InChI is InChI=1S/C21H25FN4O6S2/c1-4-16-13-10-33(30)19-17(34(31,32)24-15(13)8-26(16)21(28)29)9-25(3)18(19)20(27)23-12-5-6-14(22)11(2)7-12/h5-7,9,13,15-16,24H,4,8,10H2,1-3H3,(H,23,27)(H,28,29)/t13-,15-,16?,33?/m0/s1. The number of carbonyl (C=O) groups is 2. The van der Waals surface area contributed by atoms with Crippen LogP contribution in [0.1, 0.15) is 29.4 Å². The first kappa shape index (κ1) is 24.5. The van der Waals surface area contributed by atoms with Gasteiger partial charge in [-0.2, -0.15) is 0 Å². The van der Waals surface area contributed by atoms with Crippen LogP contribution in [0.25, 0.3) is 0 Å². The van der Waals surface area contributed by atoms with Gasteiger partial charge >= 0.3 is 6.09 Å². The van der Waals surface area contributed by atoms with E-state index in [0.717, 1.165) is 0 Å². The average Bonchev–Trinajstić information content (AvgIpc) is 3.27. The van der Waals surface area contributed by atoms with E-state index in [9.17, 15) is 32.1 Å². The van der Waals surface area contributed by atoms with E-state index in [1.165, 1.54) is 40.9 Å². The number of likely N-dealkylation sites (tertiary alicyclic amines) is 1. The number of benzene rings is 1. The molecular weight excluding hydrogens is 487 g/mol. The van der Waals surface area contributed by atoms with Crippen LogP contribution in [0.2, 0.25) is 0 Å². The van der Waals surface area contributed by atoms with Crippen LogP contribution in [-0.4, -0.2) is 63.9 Å². The number of hydrogen-bond acceptors (Lipinski definition) is 5. The highest BCUT2D eigenvalue weighted by atomic mass is 32.2. The van der Waals surface area contributed by atoms with Crippen molar-refractivity contribution in [2.75, 3.05) is 17.6 Å². The van der Waals surface area contributed by atoms with E-state index in [1.54, 1.807) is 13.8 Å². The molecule has 2 aliphatic heterocycles. The summed E-state index contributed by atoms with van der Waals surface area (Å²) in [4.78, 5) is 25.6. The second-order valence-corrected chi connectivity index (χ2v) is 11.6. The van der Waals surface area contributed by atoms with Crippen molar-refractivity contribution >= 4 is 38.9 Å². The highest BCUT2D eigenvalue weighted by Crippen LogP contribution is 2.37. The number of nitrogens with zero attached hydrogens (tertiary/aromatic N) is 2. The van der Waals surface area contributed by atoms with Crippen molar-refractivity contribution in [1.29, 1.82) is 0 Å². The Kier molecular flexibility index (Phi) is 6.40. The van der Waals surface area contributed by atoms with Crippen molar-refractivity contribution in [2.45, 2.75) is 42.1 Å². The summed E-state index contributed by atoms with van der Waals surface area (Å²) in [5.41, 5.74) is 0.520. The Balaban J connectivity index is 1.75.